The molecule has 5 nitrogen and oxygen atoms in total. The molecule has 1 aromatic rings. The number of piperazine rings is 1. The van der Waals surface area contributed by atoms with Crippen molar-refractivity contribution in [3.8, 4) is 0 Å². The highest BCUT2D eigenvalue weighted by atomic mass is 16.2. The first-order valence-corrected chi connectivity index (χ1v) is 8.63. The molecule has 1 aromatic carbocycles. The third kappa shape index (κ3) is 4.10. The zero-order valence-electron chi connectivity index (χ0n) is 13.8. The van der Waals surface area contributed by atoms with Crippen LogP contribution in [-0.4, -0.2) is 38.0 Å². The number of hydrogen-bond donors (Lipinski definition) is 3. The molecule has 0 aromatic heterocycles. The molecule has 1 saturated heterocycles. The van der Waals surface area contributed by atoms with Crippen molar-refractivity contribution in [2.24, 2.45) is 0 Å². The Bertz CT molecular complexity index is 600. The summed E-state index contributed by atoms with van der Waals surface area (Å²) < 4.78 is 0. The summed E-state index contributed by atoms with van der Waals surface area (Å²) in [7, 11) is 0. The lowest BCUT2D eigenvalue weighted by molar-refractivity contribution is -0.885. The molecule has 1 heterocycles. The van der Waals surface area contributed by atoms with Gasteiger partial charge in [0.1, 0.15) is 0 Å². The average Bonchev–Trinajstić information content (AvgIpc) is 2.54. The molecule has 1 aliphatic heterocycles. The Labute approximate surface area is 137 Å². The number of amides is 2. The minimum atomic E-state index is 0.00717. The predicted octanol–water partition coefficient (Wildman–Crippen LogP) is -0.243. The fourth-order valence-electron chi connectivity index (χ4n) is 3.53. The largest absolute Gasteiger partial charge is 0.346 e. The Morgan fingerprint density at radius 1 is 1.30 bits per heavy atom. The van der Waals surface area contributed by atoms with E-state index in [1.54, 1.807) is 0 Å². The number of carbonyl (C=O) groups excluding carboxylic acids is 2. The molecule has 0 bridgehead atoms. The quantitative estimate of drug-likeness (QED) is 0.718. The summed E-state index contributed by atoms with van der Waals surface area (Å²) in [5.41, 5.74) is 4.07. The normalized spacial score (nSPS) is 22.0. The molecule has 1 unspecified atom stereocenters. The third-order valence-corrected chi connectivity index (χ3v) is 4.87. The van der Waals surface area contributed by atoms with E-state index in [0.717, 1.165) is 17.9 Å². The van der Waals surface area contributed by atoms with Crippen LogP contribution in [0.4, 0.5) is 0 Å². The number of benzene rings is 1. The standard InChI is InChI=1S/C18H25N3O2/c1-13(15-7-6-14-4-2-3-5-16(14)10-15)20-18(23)12-21-9-8-19-17(22)11-21/h6-7,10,13H,2-5,8-9,11-12H2,1H3,(H,19,22)(H,20,23)/p+1/t13-/m0/s1. The van der Waals surface area contributed by atoms with Gasteiger partial charge in [-0.3, -0.25) is 9.59 Å². The van der Waals surface area contributed by atoms with Gasteiger partial charge in [0.05, 0.1) is 19.1 Å². The number of aryl methyl sites for hydroxylation is 2. The lowest BCUT2D eigenvalue weighted by Gasteiger charge is -2.24. The number of fused-ring (bicyclic) bond motifs is 1. The number of quaternary nitrogens is 1. The molecule has 23 heavy (non-hydrogen) atoms. The van der Waals surface area contributed by atoms with E-state index in [2.05, 4.69) is 28.8 Å². The van der Waals surface area contributed by atoms with Gasteiger partial charge in [-0.25, -0.2) is 0 Å². The van der Waals surface area contributed by atoms with Crippen molar-refractivity contribution in [2.45, 2.75) is 38.6 Å². The van der Waals surface area contributed by atoms with E-state index in [-0.39, 0.29) is 17.9 Å². The van der Waals surface area contributed by atoms with E-state index in [1.165, 1.54) is 36.0 Å². The second-order valence-electron chi connectivity index (χ2n) is 6.73. The monoisotopic (exact) mass is 316 g/mol. The Balaban J connectivity index is 1.56. The zero-order chi connectivity index (χ0) is 16.2. The van der Waals surface area contributed by atoms with Gasteiger partial charge in [0, 0.05) is 0 Å². The first-order valence-electron chi connectivity index (χ1n) is 8.63. The van der Waals surface area contributed by atoms with E-state index < -0.39 is 0 Å². The van der Waals surface area contributed by atoms with E-state index in [4.69, 9.17) is 0 Å². The topological polar surface area (TPSA) is 62.6 Å². The maximum Gasteiger partial charge on any atom is 0.275 e. The van der Waals surface area contributed by atoms with Gasteiger partial charge >= 0.3 is 0 Å². The molecular weight excluding hydrogens is 290 g/mol. The molecule has 0 spiro atoms. The Morgan fingerprint density at radius 3 is 2.87 bits per heavy atom. The minimum Gasteiger partial charge on any atom is -0.346 e. The minimum absolute atomic E-state index is 0.00717. The molecule has 2 aliphatic rings. The van der Waals surface area contributed by atoms with Gasteiger partial charge < -0.3 is 15.5 Å². The van der Waals surface area contributed by atoms with Gasteiger partial charge in [-0.1, -0.05) is 18.2 Å². The van der Waals surface area contributed by atoms with Gasteiger partial charge in [0.2, 0.25) is 0 Å². The van der Waals surface area contributed by atoms with Crippen molar-refractivity contribution in [3.63, 3.8) is 0 Å². The van der Waals surface area contributed by atoms with Crippen LogP contribution in [0.1, 0.15) is 42.5 Å². The van der Waals surface area contributed by atoms with Crippen LogP contribution in [0.25, 0.3) is 0 Å². The Kier molecular flexibility index (Phi) is 4.96. The maximum atomic E-state index is 12.2. The molecule has 1 aliphatic carbocycles. The first-order chi connectivity index (χ1) is 11.1. The summed E-state index contributed by atoms with van der Waals surface area (Å²) in [5, 5.41) is 5.86. The highest BCUT2D eigenvalue weighted by Crippen LogP contribution is 2.24. The third-order valence-electron chi connectivity index (χ3n) is 4.87. The highest BCUT2D eigenvalue weighted by molar-refractivity contribution is 5.79. The molecule has 5 heteroatoms. The van der Waals surface area contributed by atoms with Crippen molar-refractivity contribution in [1.29, 1.82) is 0 Å². The van der Waals surface area contributed by atoms with Gasteiger partial charge in [-0.15, -0.1) is 0 Å². The van der Waals surface area contributed by atoms with Crippen LogP contribution in [-0.2, 0) is 22.4 Å². The van der Waals surface area contributed by atoms with Crippen LogP contribution < -0.4 is 15.5 Å². The summed E-state index contributed by atoms with van der Waals surface area (Å²) in [4.78, 5) is 24.6. The van der Waals surface area contributed by atoms with Crippen LogP contribution in [0.3, 0.4) is 0 Å². The highest BCUT2D eigenvalue weighted by Gasteiger charge is 2.23. The van der Waals surface area contributed by atoms with Crippen LogP contribution in [0.15, 0.2) is 18.2 Å². The molecule has 3 N–H and O–H groups in total. The van der Waals surface area contributed by atoms with Gasteiger partial charge in [0.25, 0.3) is 11.8 Å². The van der Waals surface area contributed by atoms with Crippen molar-refractivity contribution in [2.75, 3.05) is 26.2 Å². The van der Waals surface area contributed by atoms with Crippen LogP contribution in [0, 0.1) is 0 Å². The summed E-state index contributed by atoms with van der Waals surface area (Å²) in [5.74, 6) is 0.0432. The average molecular weight is 316 g/mol. The van der Waals surface area contributed by atoms with E-state index in [0.29, 0.717) is 19.6 Å². The lowest BCUT2D eigenvalue weighted by atomic mass is 9.89. The fourth-order valence-corrected chi connectivity index (χ4v) is 3.53. The number of nitrogens with one attached hydrogen (secondary N) is 3. The second kappa shape index (κ2) is 7.13. The Hall–Kier alpha value is -1.88. The van der Waals surface area contributed by atoms with Crippen molar-refractivity contribution >= 4 is 11.8 Å². The summed E-state index contributed by atoms with van der Waals surface area (Å²) in [6, 6.07) is 6.61. The summed E-state index contributed by atoms with van der Waals surface area (Å²) >= 11 is 0. The molecule has 3 rings (SSSR count). The molecule has 2 amide bonds. The van der Waals surface area contributed by atoms with E-state index >= 15 is 0 Å². The Morgan fingerprint density at radius 2 is 2.09 bits per heavy atom. The molecule has 2 atom stereocenters. The van der Waals surface area contributed by atoms with Crippen molar-refractivity contribution in [3.05, 3.63) is 34.9 Å². The van der Waals surface area contributed by atoms with Crippen molar-refractivity contribution < 1.29 is 14.5 Å². The zero-order valence-corrected chi connectivity index (χ0v) is 13.8. The molecule has 1 fully saturated rings. The van der Waals surface area contributed by atoms with Gasteiger partial charge in [-0.2, -0.15) is 0 Å². The van der Waals surface area contributed by atoms with Crippen LogP contribution >= 0.6 is 0 Å². The number of rotatable bonds is 4. The smallest absolute Gasteiger partial charge is 0.275 e. The number of hydrogen-bond acceptors (Lipinski definition) is 2. The molecule has 0 saturated carbocycles. The number of carbonyl (C=O) groups is 2. The SMILES string of the molecule is C[C@H](NC(=O)C[NH+]1CCNC(=O)C1)c1ccc2c(c1)CCCC2. The first kappa shape index (κ1) is 16.0. The molecule has 0 radical (unpaired) electrons. The second-order valence-corrected chi connectivity index (χ2v) is 6.73. The molecular formula is C18H26N3O2+. The predicted molar refractivity (Wildman–Crippen MR) is 88.2 cm³/mol. The van der Waals surface area contributed by atoms with Gasteiger partial charge in [0.15, 0.2) is 13.1 Å². The maximum absolute atomic E-state index is 12.2. The summed E-state index contributed by atoms with van der Waals surface area (Å²) in [6.45, 7) is 4.25. The van der Waals surface area contributed by atoms with Crippen LogP contribution in [0.2, 0.25) is 0 Å². The lowest BCUT2D eigenvalue weighted by Crippen LogP contribution is -3.16. The fraction of sp³-hybridized carbons (Fsp3) is 0.556. The summed E-state index contributed by atoms with van der Waals surface area (Å²) in [6.07, 6.45) is 4.87. The van der Waals surface area contributed by atoms with Crippen molar-refractivity contribution in [1.82, 2.24) is 10.6 Å². The van der Waals surface area contributed by atoms with Crippen LogP contribution in [0.5, 0.6) is 0 Å². The van der Waals surface area contributed by atoms with E-state index in [1.807, 2.05) is 6.92 Å². The van der Waals surface area contributed by atoms with E-state index in [9.17, 15) is 9.59 Å². The molecule has 124 valence electrons. The van der Waals surface area contributed by atoms with Gasteiger partial charge in [-0.05, 0) is 49.3 Å².